The van der Waals surface area contributed by atoms with Crippen LogP contribution in [0.4, 0.5) is 8.78 Å². The van der Waals surface area contributed by atoms with Crippen LogP contribution in [0, 0.1) is 0 Å². The van der Waals surface area contributed by atoms with E-state index in [1.807, 2.05) is 13.8 Å². The number of nitrogens with zero attached hydrogens (tertiary/aromatic N) is 1. The molecule has 8 heteroatoms. The quantitative estimate of drug-likeness (QED) is 0.438. The summed E-state index contributed by atoms with van der Waals surface area (Å²) in [4.78, 5) is 4.52. The van der Waals surface area contributed by atoms with Crippen LogP contribution in [-0.2, 0) is 6.54 Å². The molecule has 0 aromatic heterocycles. The number of rotatable bonds is 9. The van der Waals surface area contributed by atoms with Gasteiger partial charge in [0.25, 0.3) is 0 Å². The van der Waals surface area contributed by atoms with Gasteiger partial charge in [0, 0.05) is 24.2 Å². The summed E-state index contributed by atoms with van der Waals surface area (Å²) in [6.07, 6.45) is 3.88. The number of guanidine groups is 1. The number of aliphatic hydroxyl groups excluding tert-OH is 1. The molecule has 158 valence electrons. The molecule has 6 nitrogen and oxygen atoms in total. The molecule has 0 heterocycles. The summed E-state index contributed by atoms with van der Waals surface area (Å²) in [6, 6.07) is 5.16. The van der Waals surface area contributed by atoms with E-state index in [-0.39, 0.29) is 24.4 Å². The largest absolute Gasteiger partial charge is 0.493 e. The van der Waals surface area contributed by atoms with Gasteiger partial charge < -0.3 is 25.2 Å². The Morgan fingerprint density at radius 3 is 2.64 bits per heavy atom. The summed E-state index contributed by atoms with van der Waals surface area (Å²) in [5, 5.41) is 16.2. The molecule has 0 atom stereocenters. The smallest absolute Gasteiger partial charge is 0.387 e. The minimum Gasteiger partial charge on any atom is -0.493 e. The van der Waals surface area contributed by atoms with Crippen molar-refractivity contribution in [2.75, 3.05) is 13.2 Å². The van der Waals surface area contributed by atoms with Crippen LogP contribution in [0.25, 0.3) is 0 Å². The molecular formula is C20H31F2N3O3. The molecule has 1 aromatic carbocycles. The highest BCUT2D eigenvalue weighted by atomic mass is 19.3. The summed E-state index contributed by atoms with van der Waals surface area (Å²) in [6.45, 7) is 2.42. The first-order chi connectivity index (χ1) is 13.5. The maximum atomic E-state index is 12.8. The third kappa shape index (κ3) is 7.50. The van der Waals surface area contributed by atoms with Crippen LogP contribution in [0.3, 0.4) is 0 Å². The maximum absolute atomic E-state index is 12.8. The number of benzene rings is 1. The van der Waals surface area contributed by atoms with Gasteiger partial charge in [0.05, 0.1) is 19.3 Å². The molecule has 0 spiro atoms. The lowest BCUT2D eigenvalue weighted by Crippen LogP contribution is -2.45. The van der Waals surface area contributed by atoms with Crippen LogP contribution < -0.4 is 20.1 Å². The van der Waals surface area contributed by atoms with Gasteiger partial charge in [0.1, 0.15) is 11.5 Å². The van der Waals surface area contributed by atoms with Crippen molar-refractivity contribution < 1.29 is 23.4 Å². The van der Waals surface area contributed by atoms with Crippen molar-refractivity contribution in [2.24, 2.45) is 4.99 Å². The van der Waals surface area contributed by atoms with Crippen molar-refractivity contribution in [1.29, 1.82) is 0 Å². The fourth-order valence-electron chi connectivity index (χ4n) is 3.08. The second-order valence-corrected chi connectivity index (χ2v) is 6.84. The normalized spacial score (nSPS) is 20.1. The predicted octanol–water partition coefficient (Wildman–Crippen LogP) is 3.44. The van der Waals surface area contributed by atoms with E-state index in [1.54, 1.807) is 12.1 Å². The minimum absolute atomic E-state index is 0.0731. The molecule has 0 saturated heterocycles. The van der Waals surface area contributed by atoms with E-state index in [9.17, 15) is 13.9 Å². The molecule has 0 amide bonds. The standard InChI is InChI=1S/C20H31F2N3O3/c1-3-11-27-17-10-5-14(18(12-17)28-19(21)22)13-24-20(23-4-2)25-15-6-8-16(26)9-7-15/h5,10,12,15-16,19,26H,3-4,6-9,11,13H2,1-2H3,(H2,23,24,25). The lowest BCUT2D eigenvalue weighted by atomic mass is 9.93. The Kier molecular flexibility index (Phi) is 9.27. The summed E-state index contributed by atoms with van der Waals surface area (Å²) in [5.74, 6) is 1.19. The maximum Gasteiger partial charge on any atom is 0.387 e. The van der Waals surface area contributed by atoms with Crippen LogP contribution >= 0.6 is 0 Å². The fraction of sp³-hybridized carbons (Fsp3) is 0.650. The molecule has 2 rings (SSSR count). The van der Waals surface area contributed by atoms with Crippen LogP contribution in [0.1, 0.15) is 51.5 Å². The second-order valence-electron chi connectivity index (χ2n) is 6.84. The molecule has 0 unspecified atom stereocenters. The first kappa shape index (κ1) is 22.2. The molecule has 1 aliphatic carbocycles. The Labute approximate surface area is 165 Å². The molecule has 1 fully saturated rings. The highest BCUT2D eigenvalue weighted by Crippen LogP contribution is 2.27. The molecule has 0 bridgehead atoms. The zero-order chi connectivity index (χ0) is 20.4. The van der Waals surface area contributed by atoms with E-state index in [1.165, 1.54) is 6.07 Å². The Morgan fingerprint density at radius 1 is 1.25 bits per heavy atom. The average molecular weight is 399 g/mol. The summed E-state index contributed by atoms with van der Waals surface area (Å²) < 4.78 is 35.8. The van der Waals surface area contributed by atoms with Crippen molar-refractivity contribution in [3.63, 3.8) is 0 Å². The summed E-state index contributed by atoms with van der Waals surface area (Å²) in [7, 11) is 0. The van der Waals surface area contributed by atoms with Gasteiger partial charge in [-0.15, -0.1) is 0 Å². The van der Waals surface area contributed by atoms with E-state index in [0.717, 1.165) is 32.1 Å². The first-order valence-electron chi connectivity index (χ1n) is 9.95. The van der Waals surface area contributed by atoms with Gasteiger partial charge in [-0.2, -0.15) is 8.78 Å². The lowest BCUT2D eigenvalue weighted by molar-refractivity contribution is -0.0505. The second kappa shape index (κ2) is 11.7. The number of aliphatic imine (C=N–C) groups is 1. The molecule has 0 radical (unpaired) electrons. The number of halogens is 2. The van der Waals surface area contributed by atoms with Gasteiger partial charge in [-0.05, 0) is 51.2 Å². The zero-order valence-corrected chi connectivity index (χ0v) is 16.6. The van der Waals surface area contributed by atoms with Crippen LogP contribution in [0.2, 0.25) is 0 Å². The van der Waals surface area contributed by atoms with Gasteiger partial charge in [-0.3, -0.25) is 0 Å². The lowest BCUT2D eigenvalue weighted by Gasteiger charge is -2.27. The van der Waals surface area contributed by atoms with E-state index >= 15 is 0 Å². The number of hydrogen-bond donors (Lipinski definition) is 3. The van der Waals surface area contributed by atoms with Crippen molar-refractivity contribution in [2.45, 2.75) is 71.3 Å². The van der Waals surface area contributed by atoms with Crippen LogP contribution in [0.15, 0.2) is 23.2 Å². The number of hydrogen-bond acceptors (Lipinski definition) is 4. The van der Waals surface area contributed by atoms with Crippen LogP contribution in [0.5, 0.6) is 11.5 Å². The van der Waals surface area contributed by atoms with E-state index in [0.29, 0.717) is 30.4 Å². The topological polar surface area (TPSA) is 75.1 Å². The number of ether oxygens (including phenoxy) is 2. The third-order valence-electron chi connectivity index (χ3n) is 4.52. The highest BCUT2D eigenvalue weighted by Gasteiger charge is 2.20. The minimum atomic E-state index is -2.91. The van der Waals surface area contributed by atoms with Gasteiger partial charge in [0.2, 0.25) is 0 Å². The van der Waals surface area contributed by atoms with Crippen molar-refractivity contribution in [1.82, 2.24) is 10.6 Å². The Bertz CT molecular complexity index is 621. The number of aliphatic hydroxyl groups is 1. The number of nitrogens with one attached hydrogen (secondary N) is 2. The van der Waals surface area contributed by atoms with Gasteiger partial charge in [0.15, 0.2) is 5.96 Å². The van der Waals surface area contributed by atoms with Gasteiger partial charge in [-0.25, -0.2) is 4.99 Å². The highest BCUT2D eigenvalue weighted by molar-refractivity contribution is 5.80. The molecule has 28 heavy (non-hydrogen) atoms. The van der Waals surface area contributed by atoms with Gasteiger partial charge in [-0.1, -0.05) is 6.92 Å². The average Bonchev–Trinajstić information content (AvgIpc) is 2.67. The third-order valence-corrected chi connectivity index (χ3v) is 4.52. The Morgan fingerprint density at radius 2 is 2.00 bits per heavy atom. The Balaban J connectivity index is 2.08. The van der Waals surface area contributed by atoms with Crippen molar-refractivity contribution in [3.8, 4) is 11.5 Å². The molecule has 1 aromatic rings. The SMILES string of the molecule is CCCOc1ccc(CN=C(NCC)NC2CCC(O)CC2)c(OC(F)F)c1. The molecular weight excluding hydrogens is 368 g/mol. The van der Waals surface area contributed by atoms with Crippen molar-refractivity contribution >= 4 is 5.96 Å². The predicted molar refractivity (Wildman–Crippen MR) is 105 cm³/mol. The fourth-order valence-corrected chi connectivity index (χ4v) is 3.08. The van der Waals surface area contributed by atoms with E-state index in [2.05, 4.69) is 20.4 Å². The zero-order valence-electron chi connectivity index (χ0n) is 16.6. The van der Waals surface area contributed by atoms with Gasteiger partial charge >= 0.3 is 6.61 Å². The van der Waals surface area contributed by atoms with Crippen molar-refractivity contribution in [3.05, 3.63) is 23.8 Å². The summed E-state index contributed by atoms with van der Waals surface area (Å²) in [5.41, 5.74) is 0.556. The van der Waals surface area contributed by atoms with E-state index in [4.69, 9.17) is 4.74 Å². The molecule has 0 aliphatic heterocycles. The first-order valence-corrected chi connectivity index (χ1v) is 9.95. The monoisotopic (exact) mass is 399 g/mol. The van der Waals surface area contributed by atoms with Crippen LogP contribution in [-0.4, -0.2) is 43.0 Å². The summed E-state index contributed by atoms with van der Waals surface area (Å²) >= 11 is 0. The molecule has 1 aliphatic rings. The number of alkyl halides is 2. The molecule has 1 saturated carbocycles. The van der Waals surface area contributed by atoms with E-state index < -0.39 is 6.61 Å². The molecule has 3 N–H and O–H groups in total. The Hall–Kier alpha value is -2.09.